The fourth-order valence-corrected chi connectivity index (χ4v) is 1.58. The van der Waals surface area contributed by atoms with Gasteiger partial charge in [-0.1, -0.05) is 4.89 Å². The minimum Gasteiger partial charge on any atom is -0.385 e. The van der Waals surface area contributed by atoms with E-state index in [1.165, 1.54) is 7.11 Å². The third-order valence-corrected chi connectivity index (χ3v) is 2.40. The number of hydrogen-bond acceptors (Lipinski definition) is 4. The lowest BCUT2D eigenvalue weighted by Gasteiger charge is -2.18. The monoisotopic (exact) mass is 225 g/mol. The van der Waals surface area contributed by atoms with Crippen molar-refractivity contribution in [2.75, 3.05) is 19.5 Å². The van der Waals surface area contributed by atoms with Crippen molar-refractivity contribution in [2.24, 2.45) is 0 Å². The molecule has 14 heavy (non-hydrogen) atoms. The molecule has 0 radical (unpaired) electrons. The van der Waals surface area contributed by atoms with E-state index in [1.54, 1.807) is 20.8 Å². The van der Waals surface area contributed by atoms with Gasteiger partial charge in [0.1, 0.15) is 0 Å². The summed E-state index contributed by atoms with van der Waals surface area (Å²) in [6.45, 7) is 5.73. The van der Waals surface area contributed by atoms with Gasteiger partial charge < -0.3 is 4.74 Å². The van der Waals surface area contributed by atoms with E-state index < -0.39 is 15.6 Å². The first kappa shape index (κ1) is 13.8. The quantitative estimate of drug-likeness (QED) is 0.533. The zero-order chi connectivity index (χ0) is 11.2. The molecule has 0 unspecified atom stereocenters. The largest absolute Gasteiger partial charge is 0.385 e. The smallest absolute Gasteiger partial charge is 0.233 e. The van der Waals surface area contributed by atoms with Crippen molar-refractivity contribution in [3.63, 3.8) is 0 Å². The van der Waals surface area contributed by atoms with Gasteiger partial charge in [-0.15, -0.1) is 0 Å². The van der Waals surface area contributed by atoms with Gasteiger partial charge in [0.15, 0.2) is 0 Å². The summed E-state index contributed by atoms with van der Waals surface area (Å²) in [6.07, 6.45) is 0.458. The highest BCUT2D eigenvalue weighted by atomic mass is 32.2. The van der Waals surface area contributed by atoms with Crippen LogP contribution >= 0.6 is 0 Å². The molecular weight excluding hydrogens is 206 g/mol. The second kappa shape index (κ2) is 5.65. The Bertz CT molecular complexity index is 243. The molecule has 0 aromatic heterocycles. The number of sulfonamides is 1. The number of nitrogens with one attached hydrogen (secondary N) is 1. The highest BCUT2D eigenvalue weighted by Gasteiger charge is 2.16. The number of rotatable bonds is 6. The first-order chi connectivity index (χ1) is 6.27. The molecule has 1 N–H and O–H groups in total. The number of ether oxygens (including phenoxy) is 1. The Labute approximate surface area is 85.8 Å². The van der Waals surface area contributed by atoms with Gasteiger partial charge in [-0.05, 0) is 27.2 Å². The van der Waals surface area contributed by atoms with Crippen LogP contribution in [0.2, 0.25) is 0 Å². The van der Waals surface area contributed by atoms with E-state index in [2.05, 4.69) is 4.89 Å². The predicted molar refractivity (Wildman–Crippen MR) is 54.3 cm³/mol. The van der Waals surface area contributed by atoms with E-state index in [4.69, 9.17) is 9.57 Å². The maximum absolute atomic E-state index is 11.3. The molecule has 6 heteroatoms. The van der Waals surface area contributed by atoms with Gasteiger partial charge in [0.05, 0.1) is 11.4 Å². The van der Waals surface area contributed by atoms with Gasteiger partial charge in [-0.25, -0.2) is 8.42 Å². The third-order valence-electron chi connectivity index (χ3n) is 1.24. The Balaban J connectivity index is 3.85. The van der Waals surface area contributed by atoms with E-state index in [-0.39, 0.29) is 5.75 Å². The molecule has 0 spiro atoms. The van der Waals surface area contributed by atoms with Gasteiger partial charge in [0.2, 0.25) is 10.0 Å². The second-order valence-corrected chi connectivity index (χ2v) is 5.77. The topological polar surface area (TPSA) is 64.6 Å². The van der Waals surface area contributed by atoms with Crippen LogP contribution in [-0.4, -0.2) is 33.5 Å². The normalized spacial score (nSPS) is 13.1. The number of hydrogen-bond donors (Lipinski definition) is 1. The molecule has 0 aromatic rings. The Hall–Kier alpha value is -0.170. The lowest BCUT2D eigenvalue weighted by atomic mass is 10.2. The molecule has 0 rings (SSSR count). The van der Waals surface area contributed by atoms with Crippen molar-refractivity contribution < 1.29 is 18.0 Å². The maximum atomic E-state index is 11.3. The minimum atomic E-state index is -3.34. The zero-order valence-electron chi connectivity index (χ0n) is 9.16. The van der Waals surface area contributed by atoms with Crippen molar-refractivity contribution in [3.05, 3.63) is 0 Å². The Morgan fingerprint density at radius 1 is 1.29 bits per heavy atom. The van der Waals surface area contributed by atoms with Gasteiger partial charge >= 0.3 is 0 Å². The summed E-state index contributed by atoms with van der Waals surface area (Å²) in [5.41, 5.74) is -0.520. The minimum absolute atomic E-state index is 0.0108. The van der Waals surface area contributed by atoms with Crippen LogP contribution in [0.1, 0.15) is 27.2 Å². The average molecular weight is 225 g/mol. The van der Waals surface area contributed by atoms with Crippen LogP contribution in [0, 0.1) is 0 Å². The maximum Gasteiger partial charge on any atom is 0.233 e. The fourth-order valence-electron chi connectivity index (χ4n) is 0.623. The molecule has 0 aliphatic heterocycles. The van der Waals surface area contributed by atoms with Gasteiger partial charge in [0, 0.05) is 13.7 Å². The highest BCUT2D eigenvalue weighted by Crippen LogP contribution is 2.05. The molecule has 0 atom stereocenters. The summed E-state index contributed by atoms with van der Waals surface area (Å²) in [6, 6.07) is 0. The van der Waals surface area contributed by atoms with Crippen LogP contribution in [-0.2, 0) is 19.6 Å². The van der Waals surface area contributed by atoms with Gasteiger partial charge in [-0.3, -0.25) is 4.84 Å². The molecule has 0 fully saturated rings. The summed E-state index contributed by atoms with van der Waals surface area (Å²) in [7, 11) is -1.81. The van der Waals surface area contributed by atoms with Crippen LogP contribution in [0.3, 0.4) is 0 Å². The van der Waals surface area contributed by atoms with E-state index in [9.17, 15) is 8.42 Å². The Kier molecular flexibility index (Phi) is 5.58. The molecule has 0 saturated carbocycles. The van der Waals surface area contributed by atoms with Crippen LogP contribution in [0.15, 0.2) is 0 Å². The predicted octanol–water partition coefficient (Wildman–Crippen LogP) is 0.672. The summed E-state index contributed by atoms with van der Waals surface area (Å²) < 4.78 is 27.3. The molecule has 0 saturated heterocycles. The highest BCUT2D eigenvalue weighted by molar-refractivity contribution is 7.89. The Morgan fingerprint density at radius 2 is 1.86 bits per heavy atom. The van der Waals surface area contributed by atoms with E-state index in [0.717, 1.165) is 0 Å². The molecule has 0 bridgehead atoms. The van der Waals surface area contributed by atoms with Crippen LogP contribution in [0.25, 0.3) is 0 Å². The van der Waals surface area contributed by atoms with Crippen LogP contribution < -0.4 is 4.89 Å². The zero-order valence-corrected chi connectivity index (χ0v) is 9.98. The number of methoxy groups -OCH3 is 1. The average Bonchev–Trinajstić information content (AvgIpc) is 2.00. The lowest BCUT2D eigenvalue weighted by Crippen LogP contribution is -2.35. The second-order valence-electron chi connectivity index (χ2n) is 3.96. The summed E-state index contributed by atoms with van der Waals surface area (Å²) in [5, 5.41) is 0. The molecule has 0 aromatic carbocycles. The first-order valence-corrected chi connectivity index (χ1v) is 6.08. The molecule has 0 aliphatic rings. The third kappa shape index (κ3) is 8.43. The van der Waals surface area contributed by atoms with E-state index >= 15 is 0 Å². The SMILES string of the molecule is COCCCS(=O)(=O)NOC(C)(C)C. The van der Waals surface area contributed by atoms with Crippen molar-refractivity contribution in [1.29, 1.82) is 0 Å². The fraction of sp³-hybridized carbons (Fsp3) is 1.00. The lowest BCUT2D eigenvalue weighted by molar-refractivity contribution is -0.0358. The summed E-state index contributed by atoms with van der Waals surface area (Å²) >= 11 is 0. The standard InChI is InChI=1S/C8H19NO4S/c1-8(2,3)13-9-14(10,11)7-5-6-12-4/h9H,5-7H2,1-4H3. The molecule has 86 valence electrons. The van der Waals surface area contributed by atoms with E-state index in [0.29, 0.717) is 13.0 Å². The molecule has 5 nitrogen and oxygen atoms in total. The van der Waals surface area contributed by atoms with Gasteiger partial charge in [-0.2, -0.15) is 0 Å². The summed E-state index contributed by atoms with van der Waals surface area (Å²) in [5.74, 6) is 0.0108. The van der Waals surface area contributed by atoms with Crippen molar-refractivity contribution in [1.82, 2.24) is 4.89 Å². The van der Waals surface area contributed by atoms with Crippen molar-refractivity contribution >= 4 is 10.0 Å². The first-order valence-electron chi connectivity index (χ1n) is 4.43. The van der Waals surface area contributed by atoms with Crippen molar-refractivity contribution in [2.45, 2.75) is 32.8 Å². The van der Waals surface area contributed by atoms with Gasteiger partial charge in [0.25, 0.3) is 0 Å². The molecular formula is C8H19NO4S. The Morgan fingerprint density at radius 3 is 2.29 bits per heavy atom. The molecule has 0 aliphatic carbocycles. The van der Waals surface area contributed by atoms with Crippen molar-refractivity contribution in [3.8, 4) is 0 Å². The molecule has 0 amide bonds. The van der Waals surface area contributed by atoms with E-state index in [1.807, 2.05) is 0 Å². The summed E-state index contributed by atoms with van der Waals surface area (Å²) in [4.78, 5) is 7.02. The van der Waals surface area contributed by atoms with Crippen LogP contribution in [0.4, 0.5) is 0 Å². The van der Waals surface area contributed by atoms with Crippen LogP contribution in [0.5, 0.6) is 0 Å². The molecule has 0 heterocycles.